The van der Waals surface area contributed by atoms with Crippen LogP contribution in [-0.4, -0.2) is 12.5 Å². The third kappa shape index (κ3) is 1.47. The quantitative estimate of drug-likeness (QED) is 0.669. The molecule has 0 spiro atoms. The second kappa shape index (κ2) is 3.51. The van der Waals surface area contributed by atoms with Crippen LogP contribution in [0.25, 0.3) is 0 Å². The van der Waals surface area contributed by atoms with Crippen molar-refractivity contribution >= 4 is 11.6 Å². The number of anilines is 1. The van der Waals surface area contributed by atoms with Gasteiger partial charge >= 0.3 is 0 Å². The number of amides is 1. The molecular formula is C11H10N2O. The minimum Gasteiger partial charge on any atom is -0.312 e. The van der Waals surface area contributed by atoms with E-state index in [1.807, 2.05) is 12.1 Å². The van der Waals surface area contributed by atoms with Gasteiger partial charge in [0.05, 0.1) is 11.6 Å². The van der Waals surface area contributed by atoms with Gasteiger partial charge < -0.3 is 4.90 Å². The Bertz CT molecular complexity index is 389. The number of nitrogens with zero attached hydrogens (tertiary/aromatic N) is 2. The minimum absolute atomic E-state index is 0.176. The Morgan fingerprint density at radius 3 is 2.50 bits per heavy atom. The van der Waals surface area contributed by atoms with Crippen molar-refractivity contribution in [3.05, 3.63) is 29.8 Å². The van der Waals surface area contributed by atoms with Gasteiger partial charge in [0, 0.05) is 18.7 Å². The zero-order chi connectivity index (χ0) is 9.97. The summed E-state index contributed by atoms with van der Waals surface area (Å²) >= 11 is 0. The molecular weight excluding hydrogens is 176 g/mol. The Morgan fingerprint density at radius 2 is 2.00 bits per heavy atom. The predicted molar refractivity (Wildman–Crippen MR) is 52.7 cm³/mol. The number of nitriles is 1. The number of rotatable bonds is 1. The molecule has 1 saturated heterocycles. The van der Waals surface area contributed by atoms with E-state index < -0.39 is 0 Å². The number of carbonyl (C=O) groups is 1. The summed E-state index contributed by atoms with van der Waals surface area (Å²) in [6.07, 6.45) is 1.57. The third-order valence-electron chi connectivity index (χ3n) is 2.38. The molecule has 0 aromatic heterocycles. The molecule has 0 unspecified atom stereocenters. The molecule has 0 saturated carbocycles. The lowest BCUT2D eigenvalue weighted by Gasteiger charge is -2.14. The van der Waals surface area contributed by atoms with E-state index in [0.29, 0.717) is 12.0 Å². The topological polar surface area (TPSA) is 44.1 Å². The Labute approximate surface area is 82.6 Å². The summed E-state index contributed by atoms with van der Waals surface area (Å²) in [7, 11) is 0. The molecule has 1 fully saturated rings. The van der Waals surface area contributed by atoms with Gasteiger partial charge in [-0.2, -0.15) is 5.26 Å². The maximum atomic E-state index is 11.4. The average Bonchev–Trinajstić information content (AvgIpc) is 2.65. The van der Waals surface area contributed by atoms with Crippen LogP contribution in [0.1, 0.15) is 18.4 Å². The van der Waals surface area contributed by atoms with Crippen LogP contribution < -0.4 is 4.90 Å². The zero-order valence-electron chi connectivity index (χ0n) is 7.73. The summed E-state index contributed by atoms with van der Waals surface area (Å²) in [6, 6.07) is 9.17. The van der Waals surface area contributed by atoms with Crippen molar-refractivity contribution in [1.29, 1.82) is 5.26 Å². The number of hydrogen-bond acceptors (Lipinski definition) is 2. The first-order valence-corrected chi connectivity index (χ1v) is 4.62. The van der Waals surface area contributed by atoms with E-state index in [4.69, 9.17) is 5.26 Å². The molecule has 1 aliphatic heterocycles. The molecule has 0 N–H and O–H groups in total. The van der Waals surface area contributed by atoms with Crippen LogP contribution >= 0.6 is 0 Å². The van der Waals surface area contributed by atoms with E-state index in [0.717, 1.165) is 18.7 Å². The van der Waals surface area contributed by atoms with Crippen LogP contribution in [0, 0.1) is 11.3 Å². The van der Waals surface area contributed by atoms with Crippen molar-refractivity contribution in [3.8, 4) is 6.07 Å². The number of hydrogen-bond donors (Lipinski definition) is 0. The zero-order valence-corrected chi connectivity index (χ0v) is 7.73. The molecule has 0 bridgehead atoms. The second-order valence-corrected chi connectivity index (χ2v) is 3.31. The first-order chi connectivity index (χ1) is 6.81. The molecule has 0 radical (unpaired) electrons. The molecule has 1 aliphatic rings. The molecule has 1 aromatic carbocycles. The maximum absolute atomic E-state index is 11.4. The van der Waals surface area contributed by atoms with E-state index in [9.17, 15) is 4.79 Å². The Kier molecular flexibility index (Phi) is 2.19. The average molecular weight is 186 g/mol. The lowest BCUT2D eigenvalue weighted by Crippen LogP contribution is -2.23. The van der Waals surface area contributed by atoms with Gasteiger partial charge in [0.1, 0.15) is 0 Å². The molecule has 0 atom stereocenters. The highest BCUT2D eigenvalue weighted by Gasteiger charge is 2.21. The Morgan fingerprint density at radius 1 is 1.29 bits per heavy atom. The van der Waals surface area contributed by atoms with E-state index >= 15 is 0 Å². The number of carbonyl (C=O) groups excluding carboxylic acids is 1. The van der Waals surface area contributed by atoms with E-state index in [2.05, 4.69) is 6.07 Å². The minimum atomic E-state index is 0.176. The summed E-state index contributed by atoms with van der Waals surface area (Å²) in [4.78, 5) is 13.2. The van der Waals surface area contributed by atoms with E-state index in [1.54, 1.807) is 17.0 Å². The molecule has 1 heterocycles. The third-order valence-corrected chi connectivity index (χ3v) is 2.38. The highest BCUT2D eigenvalue weighted by molar-refractivity contribution is 5.95. The lowest BCUT2D eigenvalue weighted by atomic mass is 10.2. The summed E-state index contributed by atoms with van der Waals surface area (Å²) < 4.78 is 0. The van der Waals surface area contributed by atoms with Gasteiger partial charge in [-0.05, 0) is 30.7 Å². The van der Waals surface area contributed by atoms with Crippen LogP contribution in [0.3, 0.4) is 0 Å². The summed E-state index contributed by atoms with van der Waals surface area (Å²) in [5, 5.41) is 8.62. The van der Waals surface area contributed by atoms with Gasteiger partial charge in [-0.15, -0.1) is 0 Å². The molecule has 3 heteroatoms. The molecule has 3 nitrogen and oxygen atoms in total. The van der Waals surface area contributed by atoms with Crippen LogP contribution in [0.2, 0.25) is 0 Å². The summed E-state index contributed by atoms with van der Waals surface area (Å²) in [6.45, 7) is 0.796. The Balaban J connectivity index is 2.25. The first kappa shape index (κ1) is 8.76. The lowest BCUT2D eigenvalue weighted by molar-refractivity contribution is -0.117. The summed E-state index contributed by atoms with van der Waals surface area (Å²) in [5.41, 5.74) is 1.52. The van der Waals surface area contributed by atoms with Gasteiger partial charge in [-0.25, -0.2) is 0 Å². The van der Waals surface area contributed by atoms with Crippen molar-refractivity contribution in [1.82, 2.24) is 0 Å². The predicted octanol–water partition coefficient (Wildman–Crippen LogP) is 1.69. The van der Waals surface area contributed by atoms with Crippen molar-refractivity contribution in [2.75, 3.05) is 11.4 Å². The van der Waals surface area contributed by atoms with Gasteiger partial charge in [0.15, 0.2) is 0 Å². The monoisotopic (exact) mass is 186 g/mol. The molecule has 2 rings (SSSR count). The SMILES string of the molecule is N#Cc1ccc(N2CCCC2=O)cc1. The normalized spacial score (nSPS) is 15.6. The fraction of sp³-hybridized carbons (Fsp3) is 0.273. The van der Waals surface area contributed by atoms with Gasteiger partial charge in [-0.1, -0.05) is 0 Å². The van der Waals surface area contributed by atoms with Crippen molar-refractivity contribution in [3.63, 3.8) is 0 Å². The highest BCUT2D eigenvalue weighted by atomic mass is 16.2. The van der Waals surface area contributed by atoms with Gasteiger partial charge in [-0.3, -0.25) is 4.79 Å². The van der Waals surface area contributed by atoms with Crippen molar-refractivity contribution in [2.24, 2.45) is 0 Å². The molecule has 70 valence electrons. The smallest absolute Gasteiger partial charge is 0.227 e. The Hall–Kier alpha value is -1.82. The second-order valence-electron chi connectivity index (χ2n) is 3.31. The molecule has 1 amide bonds. The van der Waals surface area contributed by atoms with Crippen LogP contribution in [0.5, 0.6) is 0 Å². The van der Waals surface area contributed by atoms with Crippen molar-refractivity contribution < 1.29 is 4.79 Å². The van der Waals surface area contributed by atoms with Crippen LogP contribution in [-0.2, 0) is 4.79 Å². The first-order valence-electron chi connectivity index (χ1n) is 4.62. The maximum Gasteiger partial charge on any atom is 0.227 e. The van der Waals surface area contributed by atoms with Gasteiger partial charge in [0.25, 0.3) is 0 Å². The van der Waals surface area contributed by atoms with E-state index in [-0.39, 0.29) is 5.91 Å². The fourth-order valence-electron chi connectivity index (χ4n) is 1.64. The van der Waals surface area contributed by atoms with E-state index in [1.165, 1.54) is 0 Å². The van der Waals surface area contributed by atoms with Crippen molar-refractivity contribution in [2.45, 2.75) is 12.8 Å². The molecule has 0 aliphatic carbocycles. The van der Waals surface area contributed by atoms with Gasteiger partial charge in [0.2, 0.25) is 5.91 Å². The number of benzene rings is 1. The van der Waals surface area contributed by atoms with Crippen LogP contribution in [0.4, 0.5) is 5.69 Å². The summed E-state index contributed by atoms with van der Waals surface area (Å²) in [5.74, 6) is 0.176. The highest BCUT2D eigenvalue weighted by Crippen LogP contribution is 2.21. The largest absolute Gasteiger partial charge is 0.312 e. The fourth-order valence-corrected chi connectivity index (χ4v) is 1.64. The van der Waals surface area contributed by atoms with Crippen LogP contribution in [0.15, 0.2) is 24.3 Å². The molecule has 1 aromatic rings. The standard InChI is InChI=1S/C11H10N2O/c12-8-9-3-5-10(6-4-9)13-7-1-2-11(13)14/h3-6H,1-2,7H2. The molecule has 14 heavy (non-hydrogen) atoms.